The number of hydrogen-bond acceptors (Lipinski definition) is 11. The molecule has 0 spiro atoms. The number of carboxylic acids is 1. The maximum absolute atomic E-state index is 12.9. The van der Waals surface area contributed by atoms with Gasteiger partial charge in [0, 0.05) is 17.4 Å². The van der Waals surface area contributed by atoms with Crippen LogP contribution in [0, 0.1) is 0 Å². The van der Waals surface area contributed by atoms with Crippen molar-refractivity contribution in [3.8, 4) is 0 Å². The number of nitrogens with zero attached hydrogens (tertiary/aromatic N) is 4. The Morgan fingerprint density at radius 1 is 1.43 bits per heavy atom. The molecule has 2 amide bonds. The van der Waals surface area contributed by atoms with Gasteiger partial charge in [-0.3, -0.25) is 14.5 Å². The number of carboxylic acid groups (broad SMARTS) is 1. The highest BCUT2D eigenvalue weighted by molar-refractivity contribution is 8.00. The van der Waals surface area contributed by atoms with Crippen molar-refractivity contribution in [2.24, 2.45) is 5.16 Å². The molecular formula is C21H18N6O7S. The molecule has 3 aromatic rings. The van der Waals surface area contributed by atoms with E-state index in [9.17, 15) is 19.5 Å². The molecule has 0 aromatic carbocycles. The lowest BCUT2D eigenvalue weighted by atomic mass is 10.0. The van der Waals surface area contributed by atoms with Crippen LogP contribution in [0.2, 0.25) is 0 Å². The standard InChI is InChI=1S/C21H18N6O7S/c1-32-25-14(12-8-34-21(22)23-12)17(28)24-15-18(29)27-16(20(30)31)11(9-35-19(15)27)7-26-4-2-13-10(6-26)3-5-33-13/h2-6,8,15,19H,7,9H2,1H3,(H3-,22,23,24,28,30,31)/b25-14+. The fourth-order valence-electron chi connectivity index (χ4n) is 3.97. The number of nitrogens with two attached hydrogens (primary N) is 1. The number of aromatic nitrogens is 2. The first kappa shape index (κ1) is 22.5. The number of thioether (sulfide) groups is 1. The summed E-state index contributed by atoms with van der Waals surface area (Å²) in [5, 5.41) is 18.5. The van der Waals surface area contributed by atoms with E-state index in [4.69, 9.17) is 19.4 Å². The van der Waals surface area contributed by atoms with E-state index in [1.165, 1.54) is 18.9 Å². The number of nitrogens with one attached hydrogen (secondary N) is 1. The van der Waals surface area contributed by atoms with E-state index < -0.39 is 29.2 Å². The Morgan fingerprint density at radius 2 is 2.26 bits per heavy atom. The fourth-order valence-corrected chi connectivity index (χ4v) is 5.31. The lowest BCUT2D eigenvalue weighted by Gasteiger charge is -2.50. The maximum atomic E-state index is 12.9. The average molecular weight is 498 g/mol. The zero-order valence-corrected chi connectivity index (χ0v) is 19.0. The van der Waals surface area contributed by atoms with Crippen molar-refractivity contribution in [3.05, 3.63) is 54.0 Å². The van der Waals surface area contributed by atoms with Crippen LogP contribution in [0.4, 0.5) is 6.01 Å². The van der Waals surface area contributed by atoms with Crippen LogP contribution in [0.15, 0.2) is 62.3 Å². The van der Waals surface area contributed by atoms with Gasteiger partial charge in [-0.15, -0.1) is 11.8 Å². The van der Waals surface area contributed by atoms with E-state index >= 15 is 0 Å². The molecule has 5 rings (SSSR count). The highest BCUT2D eigenvalue weighted by Gasteiger charge is 2.53. The molecule has 180 valence electrons. The largest absolute Gasteiger partial charge is 0.543 e. The second-order valence-corrected chi connectivity index (χ2v) is 8.76. The highest BCUT2D eigenvalue weighted by atomic mass is 32.2. The normalized spacial score (nSPS) is 20.0. The van der Waals surface area contributed by atoms with E-state index in [-0.39, 0.29) is 29.7 Å². The molecule has 1 fully saturated rings. The van der Waals surface area contributed by atoms with Gasteiger partial charge in [-0.25, -0.2) is 4.57 Å². The minimum absolute atomic E-state index is 0.0194. The molecule has 3 N–H and O–H groups in total. The van der Waals surface area contributed by atoms with Crippen LogP contribution in [0.25, 0.3) is 11.0 Å². The lowest BCUT2D eigenvalue weighted by molar-refractivity contribution is -0.687. The Bertz CT molecular complexity index is 1410. The molecule has 0 bridgehead atoms. The number of aliphatic carboxylic acids is 1. The van der Waals surface area contributed by atoms with Gasteiger partial charge in [-0.2, -0.15) is 4.98 Å². The summed E-state index contributed by atoms with van der Waals surface area (Å²) in [6, 6.07) is 2.41. The van der Waals surface area contributed by atoms with Crippen LogP contribution in [0.1, 0.15) is 5.69 Å². The van der Waals surface area contributed by atoms with Gasteiger partial charge in [0.2, 0.25) is 0 Å². The van der Waals surface area contributed by atoms with Crippen molar-refractivity contribution in [1.82, 2.24) is 15.2 Å². The summed E-state index contributed by atoms with van der Waals surface area (Å²) in [6.45, 7) is 0.239. The van der Waals surface area contributed by atoms with E-state index in [2.05, 4.69) is 15.5 Å². The molecule has 5 heterocycles. The zero-order chi connectivity index (χ0) is 24.7. The summed E-state index contributed by atoms with van der Waals surface area (Å²) in [7, 11) is 1.24. The molecule has 2 atom stereocenters. The summed E-state index contributed by atoms with van der Waals surface area (Å²) in [5.74, 6) is -2.49. The van der Waals surface area contributed by atoms with Crippen molar-refractivity contribution in [2.45, 2.75) is 18.0 Å². The van der Waals surface area contributed by atoms with Gasteiger partial charge in [0.15, 0.2) is 24.7 Å². The molecular weight excluding hydrogens is 480 g/mol. The predicted octanol–water partition coefficient (Wildman–Crippen LogP) is -1.25. The van der Waals surface area contributed by atoms with E-state index in [0.717, 1.165) is 16.5 Å². The number of fused-ring (bicyclic) bond motifs is 2. The first-order valence-electron chi connectivity index (χ1n) is 10.2. The van der Waals surface area contributed by atoms with Gasteiger partial charge in [-0.1, -0.05) is 5.16 Å². The molecule has 0 aliphatic carbocycles. The van der Waals surface area contributed by atoms with Crippen molar-refractivity contribution >= 4 is 52.2 Å². The summed E-state index contributed by atoms with van der Waals surface area (Å²) in [4.78, 5) is 47.4. The van der Waals surface area contributed by atoms with Crippen LogP contribution in [-0.2, 0) is 25.8 Å². The molecule has 2 aliphatic rings. The number of carbonyl (C=O) groups is 3. The molecule has 13 nitrogen and oxygen atoms in total. The molecule has 35 heavy (non-hydrogen) atoms. The number of nitrogen functional groups attached to an aromatic ring is 1. The Balaban J connectivity index is 1.36. The Hall–Kier alpha value is -4.33. The number of carbonyl (C=O) groups excluding carboxylic acids is 3. The molecule has 2 aliphatic heterocycles. The number of anilines is 1. The number of hydrogen-bond donors (Lipinski definition) is 2. The summed E-state index contributed by atoms with van der Waals surface area (Å²) >= 11 is 1.33. The number of oxime groups is 1. The van der Waals surface area contributed by atoms with E-state index in [1.54, 1.807) is 29.2 Å². The first-order chi connectivity index (χ1) is 16.9. The Labute approximate surface area is 201 Å². The molecule has 0 radical (unpaired) electrons. The number of β-lactam (4-membered cyclic amide) rings is 1. The summed E-state index contributed by atoms with van der Waals surface area (Å²) in [6.07, 6.45) is 6.27. The van der Waals surface area contributed by atoms with E-state index in [0.29, 0.717) is 16.9 Å². The van der Waals surface area contributed by atoms with Crippen molar-refractivity contribution in [1.29, 1.82) is 0 Å². The number of oxazole rings is 1. The van der Waals surface area contributed by atoms with E-state index in [1.807, 2.05) is 6.20 Å². The van der Waals surface area contributed by atoms with Crippen molar-refractivity contribution < 1.29 is 37.7 Å². The minimum Gasteiger partial charge on any atom is -0.543 e. The zero-order valence-electron chi connectivity index (χ0n) is 18.2. The quantitative estimate of drug-likeness (QED) is 0.173. The molecule has 14 heteroatoms. The SMILES string of the molecule is CO/N=C(/C(=O)NC1C(=O)N2C(C(=O)[O-])=C(C[n+]3ccc4occc4c3)CSC12)c1coc(N)n1. The van der Waals surface area contributed by atoms with Gasteiger partial charge in [0.1, 0.15) is 36.1 Å². The average Bonchev–Trinajstić information content (AvgIpc) is 3.48. The number of rotatable bonds is 7. The van der Waals surface area contributed by atoms with Gasteiger partial charge in [0.25, 0.3) is 17.8 Å². The lowest BCUT2D eigenvalue weighted by Crippen LogP contribution is -2.71. The molecule has 0 saturated carbocycles. The van der Waals surface area contributed by atoms with Gasteiger partial charge < -0.3 is 34.6 Å². The Kier molecular flexibility index (Phi) is 5.64. The number of amides is 2. The third-order valence-electron chi connectivity index (χ3n) is 5.51. The first-order valence-corrected chi connectivity index (χ1v) is 11.3. The fraction of sp³-hybridized carbons (Fsp3) is 0.238. The monoisotopic (exact) mass is 498 g/mol. The van der Waals surface area contributed by atoms with Crippen LogP contribution in [0.5, 0.6) is 0 Å². The topological polar surface area (TPSA) is 180 Å². The van der Waals surface area contributed by atoms with Gasteiger partial charge >= 0.3 is 0 Å². The summed E-state index contributed by atoms with van der Waals surface area (Å²) in [5.41, 5.74) is 6.24. The third-order valence-corrected chi connectivity index (χ3v) is 6.85. The summed E-state index contributed by atoms with van der Waals surface area (Å²) < 4.78 is 12.0. The highest BCUT2D eigenvalue weighted by Crippen LogP contribution is 2.40. The van der Waals surface area contributed by atoms with Crippen molar-refractivity contribution in [3.63, 3.8) is 0 Å². The second kappa shape index (κ2) is 8.79. The van der Waals surface area contributed by atoms with Crippen LogP contribution in [-0.4, -0.2) is 57.7 Å². The predicted molar refractivity (Wildman–Crippen MR) is 118 cm³/mol. The third kappa shape index (κ3) is 3.97. The number of furan rings is 1. The maximum Gasteiger partial charge on any atom is 0.292 e. The molecule has 1 saturated heterocycles. The second-order valence-electron chi connectivity index (χ2n) is 7.65. The number of pyridine rings is 1. The van der Waals surface area contributed by atoms with Crippen LogP contribution in [0.3, 0.4) is 0 Å². The van der Waals surface area contributed by atoms with Crippen LogP contribution < -0.4 is 20.7 Å². The minimum atomic E-state index is -1.46. The molecule has 3 aromatic heterocycles. The smallest absolute Gasteiger partial charge is 0.292 e. The van der Waals surface area contributed by atoms with Gasteiger partial charge in [0.05, 0.1) is 23.3 Å². The van der Waals surface area contributed by atoms with Gasteiger partial charge in [-0.05, 0) is 6.07 Å². The molecule has 2 unspecified atom stereocenters. The Morgan fingerprint density at radius 3 is 2.97 bits per heavy atom. The van der Waals surface area contributed by atoms with Crippen LogP contribution >= 0.6 is 11.8 Å². The van der Waals surface area contributed by atoms with Crippen molar-refractivity contribution in [2.75, 3.05) is 18.6 Å².